The highest BCUT2D eigenvalue weighted by molar-refractivity contribution is 6.30. The van der Waals surface area contributed by atoms with Crippen molar-refractivity contribution in [1.82, 2.24) is 4.98 Å². The molecule has 1 N–H and O–H groups in total. The van der Waals surface area contributed by atoms with Crippen LogP contribution in [0.2, 0.25) is 5.02 Å². The monoisotopic (exact) mass is 333 g/mol. The fourth-order valence-electron chi connectivity index (χ4n) is 2.76. The quantitative estimate of drug-likeness (QED) is 0.908. The highest BCUT2D eigenvalue weighted by atomic mass is 35.5. The second-order valence-electron chi connectivity index (χ2n) is 5.51. The van der Waals surface area contributed by atoms with Gasteiger partial charge in [0.05, 0.1) is 19.2 Å². The van der Waals surface area contributed by atoms with E-state index in [1.807, 2.05) is 30.3 Å². The molecule has 122 valence electrons. The number of hydrogen-bond acceptors (Lipinski definition) is 5. The SMILES string of the molecule is COc1cc(OC)cc(N2CCC(Nc3ccc(Cl)cn3)C2)c1. The molecule has 1 unspecified atom stereocenters. The summed E-state index contributed by atoms with van der Waals surface area (Å²) in [4.78, 5) is 6.61. The number of benzene rings is 1. The summed E-state index contributed by atoms with van der Waals surface area (Å²) in [5.74, 6) is 2.45. The molecule has 1 aromatic carbocycles. The van der Waals surface area contributed by atoms with Crippen LogP contribution in [0.3, 0.4) is 0 Å². The van der Waals surface area contributed by atoms with Crippen molar-refractivity contribution in [1.29, 1.82) is 0 Å². The second kappa shape index (κ2) is 6.96. The number of anilines is 2. The van der Waals surface area contributed by atoms with E-state index in [9.17, 15) is 0 Å². The number of aromatic nitrogens is 1. The van der Waals surface area contributed by atoms with E-state index in [0.29, 0.717) is 11.1 Å². The Labute approximate surface area is 141 Å². The molecule has 5 nitrogen and oxygen atoms in total. The van der Waals surface area contributed by atoms with Crippen molar-refractivity contribution in [2.75, 3.05) is 37.5 Å². The minimum Gasteiger partial charge on any atom is -0.497 e. The molecule has 0 radical (unpaired) electrons. The summed E-state index contributed by atoms with van der Waals surface area (Å²) >= 11 is 5.87. The van der Waals surface area contributed by atoms with Gasteiger partial charge >= 0.3 is 0 Å². The summed E-state index contributed by atoms with van der Waals surface area (Å²) in [5, 5.41) is 4.10. The molecule has 0 aliphatic carbocycles. The van der Waals surface area contributed by atoms with Crippen LogP contribution in [-0.2, 0) is 0 Å². The first-order chi connectivity index (χ1) is 11.2. The zero-order chi connectivity index (χ0) is 16.2. The van der Waals surface area contributed by atoms with Crippen molar-refractivity contribution in [2.24, 2.45) is 0 Å². The average molecular weight is 334 g/mol. The van der Waals surface area contributed by atoms with E-state index in [0.717, 1.165) is 42.5 Å². The molecular weight excluding hydrogens is 314 g/mol. The summed E-state index contributed by atoms with van der Waals surface area (Å²) in [5.41, 5.74) is 1.11. The van der Waals surface area contributed by atoms with Gasteiger partial charge in [0.15, 0.2) is 0 Å². The van der Waals surface area contributed by atoms with Crippen LogP contribution >= 0.6 is 11.6 Å². The third-order valence-corrected chi connectivity index (χ3v) is 4.19. The van der Waals surface area contributed by atoms with Gasteiger partial charge < -0.3 is 19.7 Å². The smallest absolute Gasteiger partial charge is 0.126 e. The van der Waals surface area contributed by atoms with Crippen molar-refractivity contribution >= 4 is 23.1 Å². The van der Waals surface area contributed by atoms with Gasteiger partial charge in [-0.3, -0.25) is 0 Å². The summed E-state index contributed by atoms with van der Waals surface area (Å²) in [6, 6.07) is 10.0. The Morgan fingerprint density at radius 1 is 1.17 bits per heavy atom. The van der Waals surface area contributed by atoms with Gasteiger partial charge in [-0.25, -0.2) is 4.98 Å². The lowest BCUT2D eigenvalue weighted by atomic mass is 10.2. The molecule has 6 heteroatoms. The number of ether oxygens (including phenoxy) is 2. The Hall–Kier alpha value is -2.14. The Balaban J connectivity index is 1.68. The Morgan fingerprint density at radius 3 is 2.52 bits per heavy atom. The van der Waals surface area contributed by atoms with Gasteiger partial charge in [-0.05, 0) is 18.6 Å². The Kier molecular flexibility index (Phi) is 4.76. The molecule has 2 aromatic rings. The first-order valence-electron chi connectivity index (χ1n) is 7.54. The summed E-state index contributed by atoms with van der Waals surface area (Å²) < 4.78 is 10.7. The van der Waals surface area contributed by atoms with Gasteiger partial charge in [-0.1, -0.05) is 11.6 Å². The molecule has 0 amide bonds. The molecule has 0 saturated carbocycles. The van der Waals surface area contributed by atoms with Crippen LogP contribution in [0.4, 0.5) is 11.5 Å². The van der Waals surface area contributed by atoms with E-state index in [-0.39, 0.29) is 0 Å². The van der Waals surface area contributed by atoms with E-state index in [1.165, 1.54) is 0 Å². The van der Waals surface area contributed by atoms with Crippen LogP contribution in [0.1, 0.15) is 6.42 Å². The van der Waals surface area contributed by atoms with Crippen LogP contribution in [0.5, 0.6) is 11.5 Å². The lowest BCUT2D eigenvalue weighted by Gasteiger charge is -2.20. The first-order valence-corrected chi connectivity index (χ1v) is 7.92. The number of nitrogens with one attached hydrogen (secondary N) is 1. The van der Waals surface area contributed by atoms with Gasteiger partial charge in [0, 0.05) is 49.2 Å². The maximum Gasteiger partial charge on any atom is 0.126 e. The molecule has 3 rings (SSSR count). The third kappa shape index (κ3) is 3.79. The maximum absolute atomic E-state index is 5.87. The minimum absolute atomic E-state index is 0.348. The largest absolute Gasteiger partial charge is 0.497 e. The number of hydrogen-bond donors (Lipinski definition) is 1. The van der Waals surface area contributed by atoms with Crippen molar-refractivity contribution < 1.29 is 9.47 Å². The maximum atomic E-state index is 5.87. The predicted octanol–water partition coefficient (Wildman–Crippen LogP) is 3.44. The zero-order valence-corrected chi connectivity index (χ0v) is 14.0. The van der Waals surface area contributed by atoms with E-state index in [1.54, 1.807) is 20.4 Å². The zero-order valence-electron chi connectivity index (χ0n) is 13.3. The molecule has 1 aliphatic rings. The van der Waals surface area contributed by atoms with Crippen LogP contribution in [0, 0.1) is 0 Å². The van der Waals surface area contributed by atoms with Crippen molar-refractivity contribution in [3.05, 3.63) is 41.6 Å². The fraction of sp³-hybridized carbons (Fsp3) is 0.353. The fourth-order valence-corrected chi connectivity index (χ4v) is 2.87. The molecule has 1 saturated heterocycles. The minimum atomic E-state index is 0.348. The number of rotatable bonds is 5. The van der Waals surface area contributed by atoms with Crippen molar-refractivity contribution in [2.45, 2.75) is 12.5 Å². The van der Waals surface area contributed by atoms with E-state index in [4.69, 9.17) is 21.1 Å². The van der Waals surface area contributed by atoms with Gasteiger partial charge in [0.2, 0.25) is 0 Å². The van der Waals surface area contributed by atoms with E-state index >= 15 is 0 Å². The second-order valence-corrected chi connectivity index (χ2v) is 5.94. The van der Waals surface area contributed by atoms with Crippen LogP contribution < -0.4 is 19.7 Å². The number of pyridine rings is 1. The molecule has 23 heavy (non-hydrogen) atoms. The van der Waals surface area contributed by atoms with Crippen molar-refractivity contribution in [3.8, 4) is 11.5 Å². The topological polar surface area (TPSA) is 46.6 Å². The van der Waals surface area contributed by atoms with Gasteiger partial charge in [-0.2, -0.15) is 0 Å². The summed E-state index contributed by atoms with van der Waals surface area (Å²) in [7, 11) is 3.33. The van der Waals surface area contributed by atoms with E-state index in [2.05, 4.69) is 15.2 Å². The number of nitrogens with zero attached hydrogens (tertiary/aromatic N) is 2. The highest BCUT2D eigenvalue weighted by Gasteiger charge is 2.23. The van der Waals surface area contributed by atoms with Gasteiger partial charge in [0.1, 0.15) is 17.3 Å². The molecule has 0 spiro atoms. The van der Waals surface area contributed by atoms with Gasteiger partial charge in [0.25, 0.3) is 0 Å². The van der Waals surface area contributed by atoms with E-state index < -0.39 is 0 Å². The Bertz CT molecular complexity index is 641. The van der Waals surface area contributed by atoms with Gasteiger partial charge in [-0.15, -0.1) is 0 Å². The lowest BCUT2D eigenvalue weighted by molar-refractivity contribution is 0.394. The molecule has 1 aromatic heterocycles. The molecule has 2 heterocycles. The molecule has 1 aliphatic heterocycles. The molecular formula is C17H20ClN3O2. The standard InChI is InChI=1S/C17H20ClN3O2/c1-22-15-7-14(8-16(9-15)23-2)21-6-5-13(11-21)20-17-4-3-12(18)10-19-17/h3-4,7-10,13H,5-6,11H2,1-2H3,(H,19,20). The number of methoxy groups -OCH3 is 2. The summed E-state index contributed by atoms with van der Waals surface area (Å²) in [6.45, 7) is 1.88. The lowest BCUT2D eigenvalue weighted by Crippen LogP contribution is -2.26. The Morgan fingerprint density at radius 2 is 1.91 bits per heavy atom. The first kappa shape index (κ1) is 15.7. The van der Waals surface area contributed by atoms with Crippen LogP contribution in [0.15, 0.2) is 36.5 Å². The molecule has 1 atom stereocenters. The normalized spacial score (nSPS) is 17.2. The third-order valence-electron chi connectivity index (χ3n) is 3.97. The molecule has 1 fully saturated rings. The molecule has 0 bridgehead atoms. The van der Waals surface area contributed by atoms with Crippen LogP contribution in [0.25, 0.3) is 0 Å². The highest BCUT2D eigenvalue weighted by Crippen LogP contribution is 2.30. The predicted molar refractivity (Wildman–Crippen MR) is 93.0 cm³/mol. The van der Waals surface area contributed by atoms with Crippen LogP contribution in [-0.4, -0.2) is 38.3 Å². The summed E-state index contributed by atoms with van der Waals surface area (Å²) in [6.07, 6.45) is 2.70. The average Bonchev–Trinajstić information content (AvgIpc) is 3.05. The number of halogens is 1. The van der Waals surface area contributed by atoms with Crippen molar-refractivity contribution in [3.63, 3.8) is 0 Å².